The first-order valence-corrected chi connectivity index (χ1v) is 3.57. The summed E-state index contributed by atoms with van der Waals surface area (Å²) in [7, 11) is 0. The Hall–Kier alpha value is -1.84. The SMILES string of the molecule is Nc1cccn1-c1ccncn1. The van der Waals surface area contributed by atoms with Gasteiger partial charge in [-0.2, -0.15) is 0 Å². The van der Waals surface area contributed by atoms with Crippen LogP contribution < -0.4 is 5.73 Å². The van der Waals surface area contributed by atoms with Gasteiger partial charge in [0.05, 0.1) is 0 Å². The number of anilines is 1. The van der Waals surface area contributed by atoms with Gasteiger partial charge in [0.2, 0.25) is 0 Å². The van der Waals surface area contributed by atoms with E-state index in [1.807, 2.05) is 18.3 Å². The van der Waals surface area contributed by atoms with E-state index in [2.05, 4.69) is 9.97 Å². The van der Waals surface area contributed by atoms with Crippen LogP contribution in [0.5, 0.6) is 0 Å². The second kappa shape index (κ2) is 2.65. The van der Waals surface area contributed by atoms with Crippen molar-refractivity contribution in [3.8, 4) is 5.82 Å². The van der Waals surface area contributed by atoms with Crippen molar-refractivity contribution in [2.45, 2.75) is 0 Å². The number of rotatable bonds is 1. The van der Waals surface area contributed by atoms with E-state index in [-0.39, 0.29) is 0 Å². The van der Waals surface area contributed by atoms with Crippen LogP contribution in [0.15, 0.2) is 36.9 Å². The van der Waals surface area contributed by atoms with Crippen molar-refractivity contribution >= 4 is 5.82 Å². The average molecular weight is 160 g/mol. The second-order valence-corrected chi connectivity index (χ2v) is 2.37. The van der Waals surface area contributed by atoms with Crippen molar-refractivity contribution in [2.24, 2.45) is 0 Å². The molecule has 2 N–H and O–H groups in total. The third kappa shape index (κ3) is 1.03. The molecule has 0 aliphatic heterocycles. The molecule has 0 spiro atoms. The summed E-state index contributed by atoms with van der Waals surface area (Å²) < 4.78 is 1.79. The number of hydrogen-bond donors (Lipinski definition) is 1. The molecule has 0 radical (unpaired) electrons. The molecule has 4 heteroatoms. The van der Waals surface area contributed by atoms with Crippen LogP contribution in [-0.2, 0) is 0 Å². The van der Waals surface area contributed by atoms with E-state index in [4.69, 9.17) is 5.73 Å². The van der Waals surface area contributed by atoms with Gasteiger partial charge in [0, 0.05) is 12.4 Å². The number of aromatic nitrogens is 3. The molecule has 0 aromatic carbocycles. The molecule has 0 bridgehead atoms. The van der Waals surface area contributed by atoms with Crippen molar-refractivity contribution in [3.63, 3.8) is 0 Å². The Kier molecular flexibility index (Phi) is 1.51. The highest BCUT2D eigenvalue weighted by Gasteiger charge is 1.98. The molecule has 0 unspecified atom stereocenters. The topological polar surface area (TPSA) is 56.7 Å². The fraction of sp³-hybridized carbons (Fsp3) is 0. The van der Waals surface area contributed by atoms with Crippen molar-refractivity contribution in [3.05, 3.63) is 36.9 Å². The van der Waals surface area contributed by atoms with Crippen molar-refractivity contribution in [1.29, 1.82) is 0 Å². The zero-order valence-electron chi connectivity index (χ0n) is 6.38. The summed E-state index contributed by atoms with van der Waals surface area (Å²) in [6.07, 6.45) is 5.04. The summed E-state index contributed by atoms with van der Waals surface area (Å²) >= 11 is 0. The minimum Gasteiger partial charge on any atom is -0.385 e. The van der Waals surface area contributed by atoms with Gasteiger partial charge in [0.25, 0.3) is 0 Å². The zero-order chi connectivity index (χ0) is 8.39. The van der Waals surface area contributed by atoms with Crippen molar-refractivity contribution in [1.82, 2.24) is 14.5 Å². The lowest BCUT2D eigenvalue weighted by molar-refractivity contribution is 0.992. The van der Waals surface area contributed by atoms with Crippen LogP contribution in [0, 0.1) is 0 Å². The predicted molar refractivity (Wildman–Crippen MR) is 45.8 cm³/mol. The molecule has 0 saturated heterocycles. The van der Waals surface area contributed by atoms with Gasteiger partial charge in [-0.3, -0.25) is 4.57 Å². The van der Waals surface area contributed by atoms with Gasteiger partial charge in [0.15, 0.2) is 0 Å². The Morgan fingerprint density at radius 2 is 2.25 bits per heavy atom. The Bertz CT molecular complexity index is 366. The standard InChI is InChI=1S/C8H8N4/c9-7-2-1-5-12(7)8-3-4-10-6-11-8/h1-6H,9H2. The maximum atomic E-state index is 5.68. The van der Waals surface area contributed by atoms with Gasteiger partial charge in [-0.25, -0.2) is 9.97 Å². The molecular weight excluding hydrogens is 152 g/mol. The molecule has 60 valence electrons. The lowest BCUT2D eigenvalue weighted by Gasteiger charge is -2.02. The largest absolute Gasteiger partial charge is 0.385 e. The summed E-state index contributed by atoms with van der Waals surface area (Å²) in [5, 5.41) is 0. The Morgan fingerprint density at radius 3 is 2.83 bits per heavy atom. The monoisotopic (exact) mass is 160 g/mol. The van der Waals surface area contributed by atoms with Gasteiger partial charge >= 0.3 is 0 Å². The molecule has 2 aromatic heterocycles. The Labute approximate surface area is 69.7 Å². The molecule has 2 rings (SSSR count). The summed E-state index contributed by atoms with van der Waals surface area (Å²) in [4.78, 5) is 7.87. The van der Waals surface area contributed by atoms with Gasteiger partial charge in [-0.05, 0) is 18.2 Å². The summed E-state index contributed by atoms with van der Waals surface area (Å²) in [5.41, 5.74) is 5.68. The molecule has 2 heterocycles. The fourth-order valence-corrected chi connectivity index (χ4v) is 1.03. The quantitative estimate of drug-likeness (QED) is 0.672. The minimum atomic E-state index is 0.675. The lowest BCUT2D eigenvalue weighted by Crippen LogP contribution is -2.00. The van der Waals surface area contributed by atoms with Crippen molar-refractivity contribution < 1.29 is 0 Å². The molecular formula is C8H8N4. The normalized spacial score (nSPS) is 10.0. The van der Waals surface area contributed by atoms with E-state index >= 15 is 0 Å². The molecule has 0 fully saturated rings. The molecule has 4 nitrogen and oxygen atoms in total. The first-order valence-electron chi connectivity index (χ1n) is 3.57. The van der Waals surface area contributed by atoms with Crippen LogP contribution in [0.25, 0.3) is 5.82 Å². The van der Waals surface area contributed by atoms with Gasteiger partial charge in [-0.15, -0.1) is 0 Å². The summed E-state index contributed by atoms with van der Waals surface area (Å²) in [6, 6.07) is 5.50. The number of nitrogens with zero attached hydrogens (tertiary/aromatic N) is 3. The van der Waals surface area contributed by atoms with E-state index in [1.54, 1.807) is 16.8 Å². The number of nitrogen functional groups attached to an aromatic ring is 1. The van der Waals surface area contributed by atoms with Crippen LogP contribution in [0.3, 0.4) is 0 Å². The lowest BCUT2D eigenvalue weighted by atomic mass is 10.5. The van der Waals surface area contributed by atoms with Gasteiger partial charge in [-0.1, -0.05) is 0 Å². The molecule has 12 heavy (non-hydrogen) atoms. The maximum Gasteiger partial charge on any atom is 0.141 e. The summed E-state index contributed by atoms with van der Waals surface area (Å²) in [6.45, 7) is 0. The van der Waals surface area contributed by atoms with Crippen LogP contribution in [0.1, 0.15) is 0 Å². The number of nitrogens with two attached hydrogens (primary N) is 1. The van der Waals surface area contributed by atoms with E-state index < -0.39 is 0 Å². The Morgan fingerprint density at radius 1 is 1.33 bits per heavy atom. The van der Waals surface area contributed by atoms with E-state index in [9.17, 15) is 0 Å². The minimum absolute atomic E-state index is 0.675. The molecule has 2 aromatic rings. The molecule has 0 aliphatic carbocycles. The smallest absolute Gasteiger partial charge is 0.141 e. The zero-order valence-corrected chi connectivity index (χ0v) is 6.38. The molecule has 0 amide bonds. The number of hydrogen-bond acceptors (Lipinski definition) is 3. The van der Waals surface area contributed by atoms with Gasteiger partial charge in [0.1, 0.15) is 18.0 Å². The highest BCUT2D eigenvalue weighted by Crippen LogP contribution is 2.09. The van der Waals surface area contributed by atoms with E-state index in [0.717, 1.165) is 5.82 Å². The third-order valence-electron chi connectivity index (χ3n) is 1.59. The average Bonchev–Trinajstić information content (AvgIpc) is 2.53. The van der Waals surface area contributed by atoms with Gasteiger partial charge < -0.3 is 5.73 Å². The first-order chi connectivity index (χ1) is 5.88. The highest BCUT2D eigenvalue weighted by molar-refractivity contribution is 5.39. The fourth-order valence-electron chi connectivity index (χ4n) is 1.03. The van der Waals surface area contributed by atoms with Crippen LogP contribution in [0.4, 0.5) is 5.82 Å². The molecule has 0 aliphatic rings. The predicted octanol–water partition coefficient (Wildman–Crippen LogP) is 0.849. The first kappa shape index (κ1) is 6.84. The third-order valence-corrected chi connectivity index (χ3v) is 1.59. The maximum absolute atomic E-state index is 5.68. The van der Waals surface area contributed by atoms with Crippen LogP contribution in [0.2, 0.25) is 0 Å². The highest BCUT2D eigenvalue weighted by atomic mass is 15.1. The molecule has 0 saturated carbocycles. The summed E-state index contributed by atoms with van der Waals surface area (Å²) in [5.74, 6) is 1.46. The van der Waals surface area contributed by atoms with Crippen LogP contribution >= 0.6 is 0 Å². The molecule has 0 atom stereocenters. The second-order valence-electron chi connectivity index (χ2n) is 2.37. The Balaban J connectivity index is 2.51. The van der Waals surface area contributed by atoms with Crippen LogP contribution in [-0.4, -0.2) is 14.5 Å². The van der Waals surface area contributed by atoms with E-state index in [1.165, 1.54) is 6.33 Å². The van der Waals surface area contributed by atoms with Crippen molar-refractivity contribution in [2.75, 3.05) is 5.73 Å². The van der Waals surface area contributed by atoms with E-state index in [0.29, 0.717) is 5.82 Å².